The highest BCUT2D eigenvalue weighted by Gasteiger charge is 2.01. The summed E-state index contributed by atoms with van der Waals surface area (Å²) in [6, 6.07) is 4.43. The number of aliphatic hydroxyl groups excluding tert-OH is 1. The van der Waals surface area contributed by atoms with E-state index in [0.29, 0.717) is 17.9 Å². The summed E-state index contributed by atoms with van der Waals surface area (Å²) < 4.78 is 12.8. The highest BCUT2D eigenvalue weighted by Crippen LogP contribution is 2.15. The molecule has 0 aliphatic carbocycles. The van der Waals surface area contributed by atoms with E-state index in [9.17, 15) is 4.39 Å². The van der Waals surface area contributed by atoms with Gasteiger partial charge in [0, 0.05) is 5.02 Å². The van der Waals surface area contributed by atoms with E-state index in [2.05, 4.69) is 0 Å². The van der Waals surface area contributed by atoms with Crippen LogP contribution in [0.3, 0.4) is 0 Å². The van der Waals surface area contributed by atoms with E-state index >= 15 is 0 Å². The lowest BCUT2D eigenvalue weighted by atomic mass is 10.1. The molecule has 1 unspecified atom stereocenters. The molecule has 3 heteroatoms. The third-order valence-electron chi connectivity index (χ3n) is 1.77. The van der Waals surface area contributed by atoms with Crippen molar-refractivity contribution in [1.82, 2.24) is 0 Å². The van der Waals surface area contributed by atoms with Gasteiger partial charge in [-0.3, -0.25) is 0 Å². The molecule has 0 spiro atoms. The summed E-state index contributed by atoms with van der Waals surface area (Å²) in [5.41, 5.74) is 0.825. The molecule has 13 heavy (non-hydrogen) atoms. The molecule has 0 aliphatic rings. The molecule has 0 saturated heterocycles. The first-order valence-electron chi connectivity index (χ1n) is 4.21. The number of halogens is 2. The highest BCUT2D eigenvalue weighted by atomic mass is 35.5. The molecule has 1 nitrogen and oxygen atoms in total. The van der Waals surface area contributed by atoms with E-state index in [1.54, 1.807) is 13.0 Å². The van der Waals surface area contributed by atoms with Crippen molar-refractivity contribution in [3.63, 3.8) is 0 Å². The molecule has 0 radical (unpaired) electrons. The van der Waals surface area contributed by atoms with Gasteiger partial charge in [0.05, 0.1) is 6.10 Å². The van der Waals surface area contributed by atoms with Gasteiger partial charge < -0.3 is 5.11 Å². The van der Waals surface area contributed by atoms with Crippen molar-refractivity contribution in [2.45, 2.75) is 25.9 Å². The standard InChI is InChI=1S/C10H12ClFO/c1-7(13)2-3-8-4-9(11)6-10(12)5-8/h4-7,13H,2-3H2,1H3. The van der Waals surface area contributed by atoms with Gasteiger partial charge in [-0.1, -0.05) is 11.6 Å². The van der Waals surface area contributed by atoms with E-state index in [0.717, 1.165) is 5.56 Å². The zero-order valence-electron chi connectivity index (χ0n) is 7.43. The summed E-state index contributed by atoms with van der Waals surface area (Å²) in [7, 11) is 0. The minimum atomic E-state index is -0.359. The van der Waals surface area contributed by atoms with Crippen LogP contribution in [0.15, 0.2) is 18.2 Å². The number of aryl methyl sites for hydroxylation is 1. The van der Waals surface area contributed by atoms with Crippen LogP contribution in [0.25, 0.3) is 0 Å². The summed E-state index contributed by atoms with van der Waals surface area (Å²) in [5, 5.41) is 9.43. The van der Waals surface area contributed by atoms with Crippen molar-refractivity contribution in [2.75, 3.05) is 0 Å². The molecule has 0 aromatic heterocycles. The highest BCUT2D eigenvalue weighted by molar-refractivity contribution is 6.30. The fraction of sp³-hybridized carbons (Fsp3) is 0.400. The summed E-state index contributed by atoms with van der Waals surface area (Å²) >= 11 is 5.66. The molecule has 0 amide bonds. The number of hydrogen-bond acceptors (Lipinski definition) is 1. The molecular formula is C10H12ClFO. The van der Waals surface area contributed by atoms with Crippen molar-refractivity contribution < 1.29 is 9.50 Å². The Morgan fingerprint density at radius 3 is 2.69 bits per heavy atom. The van der Waals surface area contributed by atoms with Crippen LogP contribution in [0.2, 0.25) is 5.02 Å². The number of benzene rings is 1. The van der Waals surface area contributed by atoms with Gasteiger partial charge in [-0.25, -0.2) is 4.39 Å². The smallest absolute Gasteiger partial charge is 0.124 e. The maximum atomic E-state index is 12.8. The average molecular weight is 203 g/mol. The Balaban J connectivity index is 2.66. The molecule has 0 bridgehead atoms. The van der Waals surface area contributed by atoms with Gasteiger partial charge in [0.15, 0.2) is 0 Å². The minimum absolute atomic E-state index is 0.326. The third-order valence-corrected chi connectivity index (χ3v) is 1.99. The van der Waals surface area contributed by atoms with Crippen molar-refractivity contribution in [1.29, 1.82) is 0 Å². The quantitative estimate of drug-likeness (QED) is 0.799. The lowest BCUT2D eigenvalue weighted by Gasteiger charge is -2.04. The van der Waals surface area contributed by atoms with Crippen molar-refractivity contribution in [3.8, 4) is 0 Å². The second kappa shape index (κ2) is 4.58. The Labute approximate surface area is 82.2 Å². The summed E-state index contributed by atoms with van der Waals surface area (Å²) in [4.78, 5) is 0. The van der Waals surface area contributed by atoms with Crippen LogP contribution >= 0.6 is 11.6 Å². The number of aliphatic hydroxyl groups is 1. The van der Waals surface area contributed by atoms with Crippen LogP contribution < -0.4 is 0 Å². The lowest BCUT2D eigenvalue weighted by molar-refractivity contribution is 0.185. The predicted octanol–water partition coefficient (Wildman–Crippen LogP) is 2.79. The molecule has 0 heterocycles. The molecule has 1 aromatic rings. The fourth-order valence-corrected chi connectivity index (χ4v) is 1.38. The van der Waals surface area contributed by atoms with Gasteiger partial charge in [0.25, 0.3) is 0 Å². The van der Waals surface area contributed by atoms with Crippen LogP contribution in [0, 0.1) is 5.82 Å². The second-order valence-electron chi connectivity index (χ2n) is 3.17. The zero-order valence-corrected chi connectivity index (χ0v) is 8.18. The summed E-state index contributed by atoms with van der Waals surface area (Å²) in [5.74, 6) is -0.326. The van der Waals surface area contributed by atoms with E-state index in [1.165, 1.54) is 12.1 Å². The van der Waals surface area contributed by atoms with Crippen LogP contribution in [0.5, 0.6) is 0 Å². The first-order chi connectivity index (χ1) is 6.08. The van der Waals surface area contributed by atoms with Crippen LogP contribution in [0.4, 0.5) is 4.39 Å². The van der Waals surface area contributed by atoms with Crippen molar-refractivity contribution >= 4 is 11.6 Å². The second-order valence-corrected chi connectivity index (χ2v) is 3.60. The molecule has 1 rings (SSSR count). The maximum absolute atomic E-state index is 12.8. The normalized spacial score (nSPS) is 12.9. The van der Waals surface area contributed by atoms with Crippen LogP contribution in [-0.4, -0.2) is 11.2 Å². The van der Waals surface area contributed by atoms with Crippen LogP contribution in [-0.2, 0) is 6.42 Å². The third kappa shape index (κ3) is 3.75. The SMILES string of the molecule is CC(O)CCc1cc(F)cc(Cl)c1. The average Bonchev–Trinajstić information content (AvgIpc) is 1.99. The molecular weight excluding hydrogens is 191 g/mol. The Bertz CT molecular complexity index is 266. The maximum Gasteiger partial charge on any atom is 0.124 e. The van der Waals surface area contributed by atoms with E-state index in [-0.39, 0.29) is 11.9 Å². The number of rotatable bonds is 3. The van der Waals surface area contributed by atoms with Gasteiger partial charge >= 0.3 is 0 Å². The molecule has 1 aromatic carbocycles. The Morgan fingerprint density at radius 2 is 2.15 bits per heavy atom. The van der Waals surface area contributed by atoms with Gasteiger partial charge in [0.1, 0.15) is 5.82 Å². The van der Waals surface area contributed by atoms with Crippen molar-refractivity contribution in [3.05, 3.63) is 34.6 Å². The Hall–Kier alpha value is -0.600. The van der Waals surface area contributed by atoms with E-state index in [1.807, 2.05) is 0 Å². The number of hydrogen-bond donors (Lipinski definition) is 1. The summed E-state index contributed by atoms with van der Waals surface area (Å²) in [6.07, 6.45) is 0.914. The molecule has 0 aliphatic heterocycles. The molecule has 0 saturated carbocycles. The van der Waals surface area contributed by atoms with Crippen LogP contribution in [0.1, 0.15) is 18.9 Å². The zero-order chi connectivity index (χ0) is 9.84. The fourth-order valence-electron chi connectivity index (χ4n) is 1.13. The van der Waals surface area contributed by atoms with Gasteiger partial charge in [-0.05, 0) is 43.5 Å². The molecule has 1 N–H and O–H groups in total. The van der Waals surface area contributed by atoms with Gasteiger partial charge in [0.2, 0.25) is 0 Å². The first kappa shape index (κ1) is 10.5. The first-order valence-corrected chi connectivity index (χ1v) is 4.59. The molecule has 0 fully saturated rings. The van der Waals surface area contributed by atoms with Gasteiger partial charge in [-0.2, -0.15) is 0 Å². The van der Waals surface area contributed by atoms with Gasteiger partial charge in [-0.15, -0.1) is 0 Å². The molecule has 1 atom stereocenters. The van der Waals surface area contributed by atoms with Crippen molar-refractivity contribution in [2.24, 2.45) is 0 Å². The largest absolute Gasteiger partial charge is 0.393 e. The van der Waals surface area contributed by atoms with E-state index < -0.39 is 0 Å². The Morgan fingerprint density at radius 1 is 1.46 bits per heavy atom. The molecule has 72 valence electrons. The predicted molar refractivity (Wildman–Crippen MR) is 51.4 cm³/mol. The van der Waals surface area contributed by atoms with E-state index in [4.69, 9.17) is 16.7 Å². The summed E-state index contributed by atoms with van der Waals surface area (Å²) in [6.45, 7) is 1.71. The minimum Gasteiger partial charge on any atom is -0.393 e. The lowest BCUT2D eigenvalue weighted by Crippen LogP contribution is -2.01. The topological polar surface area (TPSA) is 20.2 Å². The Kier molecular flexibility index (Phi) is 3.70. The monoisotopic (exact) mass is 202 g/mol.